The maximum absolute atomic E-state index is 13.5. The molecule has 1 heterocycles. The topological polar surface area (TPSA) is 108 Å². The zero-order chi connectivity index (χ0) is 20.3. The standard InChI is InChI=1S/C16H15F2N5O4S/c1-26-11-4-6-14(27-2)15(8-11)28(24,25)19-9-16-20-21-22-23(16)10-3-5-12(17)13(18)7-10/h3-8,19H,9H2,1-2H3. The van der Waals surface area contributed by atoms with E-state index in [1.54, 1.807) is 6.07 Å². The molecule has 0 spiro atoms. The highest BCUT2D eigenvalue weighted by atomic mass is 32.2. The number of rotatable bonds is 7. The van der Waals surface area contributed by atoms with E-state index in [4.69, 9.17) is 9.47 Å². The van der Waals surface area contributed by atoms with E-state index in [1.165, 1.54) is 32.4 Å². The monoisotopic (exact) mass is 411 g/mol. The molecule has 1 N–H and O–H groups in total. The van der Waals surface area contributed by atoms with E-state index >= 15 is 0 Å². The Balaban J connectivity index is 1.87. The largest absolute Gasteiger partial charge is 0.497 e. The van der Waals surface area contributed by atoms with Gasteiger partial charge in [0, 0.05) is 12.1 Å². The first kappa shape index (κ1) is 19.6. The quantitative estimate of drug-likeness (QED) is 0.627. The highest BCUT2D eigenvalue weighted by Crippen LogP contribution is 2.28. The number of benzene rings is 2. The Morgan fingerprint density at radius 1 is 1.07 bits per heavy atom. The zero-order valence-electron chi connectivity index (χ0n) is 14.8. The maximum Gasteiger partial charge on any atom is 0.244 e. The minimum absolute atomic E-state index is 0.0662. The van der Waals surface area contributed by atoms with Gasteiger partial charge in [-0.05, 0) is 34.7 Å². The predicted octanol–water partition coefficient (Wildman–Crippen LogP) is 1.44. The van der Waals surface area contributed by atoms with Gasteiger partial charge in [-0.1, -0.05) is 0 Å². The number of nitrogens with one attached hydrogen (secondary N) is 1. The van der Waals surface area contributed by atoms with Crippen molar-refractivity contribution in [3.05, 3.63) is 53.9 Å². The second-order valence-corrected chi connectivity index (χ2v) is 7.18. The van der Waals surface area contributed by atoms with Crippen LogP contribution in [0.1, 0.15) is 5.82 Å². The van der Waals surface area contributed by atoms with E-state index in [-0.39, 0.29) is 28.7 Å². The number of aromatic nitrogens is 4. The van der Waals surface area contributed by atoms with Gasteiger partial charge in [0.15, 0.2) is 17.5 Å². The van der Waals surface area contributed by atoms with Gasteiger partial charge in [-0.3, -0.25) is 0 Å². The van der Waals surface area contributed by atoms with E-state index in [1.807, 2.05) is 0 Å². The summed E-state index contributed by atoms with van der Waals surface area (Å²) in [5, 5.41) is 10.9. The molecule has 0 saturated carbocycles. The Bertz CT molecular complexity index is 1100. The number of hydrogen-bond donors (Lipinski definition) is 1. The molecule has 3 rings (SSSR count). The molecule has 3 aromatic rings. The fraction of sp³-hybridized carbons (Fsp3) is 0.188. The van der Waals surface area contributed by atoms with Crippen molar-refractivity contribution in [3.63, 3.8) is 0 Å². The van der Waals surface area contributed by atoms with Gasteiger partial charge in [0.05, 0.1) is 26.5 Å². The molecule has 0 unspecified atom stereocenters. The molecule has 0 bridgehead atoms. The molecule has 0 atom stereocenters. The minimum atomic E-state index is -4.02. The van der Waals surface area contributed by atoms with E-state index in [2.05, 4.69) is 20.2 Å². The molecule has 0 aliphatic heterocycles. The summed E-state index contributed by atoms with van der Waals surface area (Å²) in [6.45, 7) is -0.311. The van der Waals surface area contributed by atoms with Crippen LogP contribution in [0.15, 0.2) is 41.3 Å². The second-order valence-electron chi connectivity index (χ2n) is 5.45. The third-order valence-electron chi connectivity index (χ3n) is 3.76. The van der Waals surface area contributed by atoms with Gasteiger partial charge in [0.2, 0.25) is 10.0 Å². The second kappa shape index (κ2) is 7.86. The number of tetrazole rings is 1. The van der Waals surface area contributed by atoms with Crippen molar-refractivity contribution in [2.75, 3.05) is 14.2 Å². The lowest BCUT2D eigenvalue weighted by Crippen LogP contribution is -2.25. The molecule has 0 amide bonds. The molecule has 0 radical (unpaired) electrons. The van der Waals surface area contributed by atoms with Crippen LogP contribution in [0, 0.1) is 11.6 Å². The number of nitrogens with zero attached hydrogens (tertiary/aromatic N) is 4. The fourth-order valence-corrected chi connectivity index (χ4v) is 3.53. The molecule has 148 valence electrons. The van der Waals surface area contributed by atoms with Crippen molar-refractivity contribution in [2.45, 2.75) is 11.4 Å². The average molecular weight is 411 g/mol. The molecule has 9 nitrogen and oxygen atoms in total. The molecule has 0 saturated heterocycles. The SMILES string of the molecule is COc1ccc(OC)c(S(=O)(=O)NCc2nnnn2-c2ccc(F)c(F)c2)c1. The van der Waals surface area contributed by atoms with Crippen LogP contribution in [0.3, 0.4) is 0 Å². The number of methoxy groups -OCH3 is 2. The van der Waals surface area contributed by atoms with Gasteiger partial charge in [-0.15, -0.1) is 5.10 Å². The van der Waals surface area contributed by atoms with Crippen molar-refractivity contribution in [2.24, 2.45) is 0 Å². The van der Waals surface area contributed by atoms with E-state index < -0.39 is 21.7 Å². The Morgan fingerprint density at radius 3 is 2.54 bits per heavy atom. The molecule has 0 fully saturated rings. The molecule has 1 aromatic heterocycles. The average Bonchev–Trinajstić information content (AvgIpc) is 3.16. The summed E-state index contributed by atoms with van der Waals surface area (Å²) < 4.78 is 65.5. The van der Waals surface area contributed by atoms with Crippen LogP contribution in [-0.2, 0) is 16.6 Å². The fourth-order valence-electron chi connectivity index (χ4n) is 2.36. The normalized spacial score (nSPS) is 11.4. The molecule has 28 heavy (non-hydrogen) atoms. The lowest BCUT2D eigenvalue weighted by Gasteiger charge is -2.12. The summed E-state index contributed by atoms with van der Waals surface area (Å²) in [5.74, 6) is -1.59. The smallest absolute Gasteiger partial charge is 0.244 e. The lowest BCUT2D eigenvalue weighted by molar-refractivity contribution is 0.392. The lowest BCUT2D eigenvalue weighted by atomic mass is 10.3. The van der Waals surface area contributed by atoms with Crippen molar-refractivity contribution >= 4 is 10.0 Å². The highest BCUT2D eigenvalue weighted by Gasteiger charge is 2.22. The molecular weight excluding hydrogens is 396 g/mol. The Kier molecular flexibility index (Phi) is 5.51. The summed E-state index contributed by atoms with van der Waals surface area (Å²) in [5.41, 5.74) is 0.136. The van der Waals surface area contributed by atoms with Crippen molar-refractivity contribution in [1.29, 1.82) is 0 Å². The van der Waals surface area contributed by atoms with Gasteiger partial charge in [0.25, 0.3) is 0 Å². The Morgan fingerprint density at radius 2 is 1.86 bits per heavy atom. The van der Waals surface area contributed by atoms with Gasteiger partial charge < -0.3 is 9.47 Å². The third-order valence-corrected chi connectivity index (χ3v) is 5.18. The minimum Gasteiger partial charge on any atom is -0.497 e. The van der Waals surface area contributed by atoms with Gasteiger partial charge >= 0.3 is 0 Å². The van der Waals surface area contributed by atoms with E-state index in [9.17, 15) is 17.2 Å². The summed E-state index contributed by atoms with van der Waals surface area (Å²) in [6, 6.07) is 7.40. The molecule has 12 heteroatoms. The van der Waals surface area contributed by atoms with Crippen LogP contribution in [0.4, 0.5) is 8.78 Å². The van der Waals surface area contributed by atoms with Crippen molar-refractivity contribution in [3.8, 4) is 17.2 Å². The summed E-state index contributed by atoms with van der Waals surface area (Å²) in [4.78, 5) is -0.138. The van der Waals surface area contributed by atoms with Gasteiger partial charge in [-0.25, -0.2) is 21.9 Å². The van der Waals surface area contributed by atoms with Gasteiger partial charge in [0.1, 0.15) is 16.4 Å². The van der Waals surface area contributed by atoms with Crippen LogP contribution >= 0.6 is 0 Å². The van der Waals surface area contributed by atoms with Crippen molar-refractivity contribution < 1.29 is 26.7 Å². The Labute approximate surface area is 158 Å². The van der Waals surface area contributed by atoms with Crippen LogP contribution in [-0.4, -0.2) is 42.8 Å². The summed E-state index contributed by atoms with van der Waals surface area (Å²) in [7, 11) is -1.28. The predicted molar refractivity (Wildman–Crippen MR) is 92.6 cm³/mol. The first-order valence-corrected chi connectivity index (χ1v) is 9.28. The number of ether oxygens (including phenoxy) is 2. The maximum atomic E-state index is 13.5. The third kappa shape index (κ3) is 3.92. The number of sulfonamides is 1. The first-order valence-electron chi connectivity index (χ1n) is 7.80. The van der Waals surface area contributed by atoms with Crippen molar-refractivity contribution in [1.82, 2.24) is 24.9 Å². The first-order chi connectivity index (χ1) is 13.4. The van der Waals surface area contributed by atoms with Crippen LogP contribution in [0.2, 0.25) is 0 Å². The van der Waals surface area contributed by atoms with E-state index in [0.29, 0.717) is 5.75 Å². The van der Waals surface area contributed by atoms with Crippen LogP contribution in [0.25, 0.3) is 5.69 Å². The highest BCUT2D eigenvalue weighted by molar-refractivity contribution is 7.89. The van der Waals surface area contributed by atoms with E-state index in [0.717, 1.165) is 16.8 Å². The molecular formula is C16H15F2N5O4S. The summed E-state index contributed by atoms with van der Waals surface area (Å²) in [6.07, 6.45) is 0. The summed E-state index contributed by atoms with van der Waals surface area (Å²) >= 11 is 0. The Hall–Kier alpha value is -3.12. The molecule has 0 aliphatic rings. The number of hydrogen-bond acceptors (Lipinski definition) is 7. The van der Waals surface area contributed by atoms with Crippen LogP contribution in [0.5, 0.6) is 11.5 Å². The van der Waals surface area contributed by atoms with Gasteiger partial charge in [-0.2, -0.15) is 4.68 Å². The molecule has 2 aromatic carbocycles. The number of halogens is 2. The van der Waals surface area contributed by atoms with Crippen LogP contribution < -0.4 is 14.2 Å². The zero-order valence-corrected chi connectivity index (χ0v) is 15.6. The molecule has 0 aliphatic carbocycles.